The van der Waals surface area contributed by atoms with Crippen molar-refractivity contribution in [1.29, 1.82) is 0 Å². The zero-order chi connectivity index (χ0) is 13.1. The van der Waals surface area contributed by atoms with Gasteiger partial charge in [-0.3, -0.25) is 9.48 Å². The van der Waals surface area contributed by atoms with Gasteiger partial charge in [0.15, 0.2) is 0 Å². The third-order valence-electron chi connectivity index (χ3n) is 2.34. The van der Waals surface area contributed by atoms with E-state index in [0.717, 1.165) is 0 Å². The molecule has 2 rings (SSSR count). The summed E-state index contributed by atoms with van der Waals surface area (Å²) in [6, 6.07) is 5.16. The zero-order valence-electron chi connectivity index (χ0n) is 10.1. The molecule has 0 aromatic carbocycles. The average Bonchev–Trinajstić information content (AvgIpc) is 2.77. The van der Waals surface area contributed by atoms with E-state index in [4.69, 9.17) is 11.6 Å². The number of anilines is 1. The molecule has 5 nitrogen and oxygen atoms in total. The summed E-state index contributed by atoms with van der Waals surface area (Å²) in [5.41, 5.74) is 0.912. The van der Waals surface area contributed by atoms with Gasteiger partial charge in [-0.1, -0.05) is 17.7 Å². The standard InChI is InChI=1S/C12H13ClN4O/c1-8(2)17-7-9(6-14-17)15-12(18)10-4-3-5-11(13)16-10/h3-8H,1-2H3,(H,15,18). The molecule has 0 saturated heterocycles. The molecule has 1 amide bonds. The second kappa shape index (κ2) is 5.18. The van der Waals surface area contributed by atoms with Crippen LogP contribution in [0.25, 0.3) is 0 Å². The van der Waals surface area contributed by atoms with Crippen molar-refractivity contribution in [1.82, 2.24) is 14.8 Å². The smallest absolute Gasteiger partial charge is 0.274 e. The molecule has 0 aliphatic rings. The summed E-state index contributed by atoms with van der Waals surface area (Å²) in [7, 11) is 0. The molecule has 2 aromatic rings. The highest BCUT2D eigenvalue weighted by Crippen LogP contribution is 2.12. The summed E-state index contributed by atoms with van der Waals surface area (Å²) in [5.74, 6) is -0.305. The molecule has 94 valence electrons. The van der Waals surface area contributed by atoms with Gasteiger partial charge in [0.05, 0.1) is 11.9 Å². The molecule has 0 fully saturated rings. The van der Waals surface area contributed by atoms with Crippen LogP contribution in [0.3, 0.4) is 0 Å². The van der Waals surface area contributed by atoms with Crippen LogP contribution >= 0.6 is 11.6 Å². The number of aromatic nitrogens is 3. The van der Waals surface area contributed by atoms with E-state index < -0.39 is 0 Å². The highest BCUT2D eigenvalue weighted by molar-refractivity contribution is 6.29. The quantitative estimate of drug-likeness (QED) is 0.867. The minimum atomic E-state index is -0.305. The van der Waals surface area contributed by atoms with Gasteiger partial charge in [-0.05, 0) is 26.0 Å². The van der Waals surface area contributed by atoms with Gasteiger partial charge in [-0.25, -0.2) is 4.98 Å². The van der Waals surface area contributed by atoms with Gasteiger partial charge in [-0.15, -0.1) is 0 Å². The number of pyridine rings is 1. The number of nitrogens with one attached hydrogen (secondary N) is 1. The van der Waals surface area contributed by atoms with E-state index in [2.05, 4.69) is 15.4 Å². The Hall–Kier alpha value is -1.88. The molecule has 0 atom stereocenters. The van der Waals surface area contributed by atoms with Crippen molar-refractivity contribution in [2.75, 3.05) is 5.32 Å². The predicted octanol–water partition coefficient (Wildman–Crippen LogP) is 2.76. The van der Waals surface area contributed by atoms with Gasteiger partial charge in [0.1, 0.15) is 10.8 Å². The highest BCUT2D eigenvalue weighted by Gasteiger charge is 2.09. The van der Waals surface area contributed by atoms with Crippen molar-refractivity contribution >= 4 is 23.2 Å². The Kier molecular flexibility index (Phi) is 3.62. The van der Waals surface area contributed by atoms with Crippen molar-refractivity contribution in [3.05, 3.63) is 41.4 Å². The zero-order valence-corrected chi connectivity index (χ0v) is 10.8. The number of amides is 1. The SMILES string of the molecule is CC(C)n1cc(NC(=O)c2cccc(Cl)n2)cn1. The van der Waals surface area contributed by atoms with E-state index in [0.29, 0.717) is 10.8 Å². The molecule has 2 heterocycles. The summed E-state index contributed by atoms with van der Waals surface area (Å²) < 4.78 is 1.76. The van der Waals surface area contributed by atoms with Gasteiger partial charge >= 0.3 is 0 Å². The lowest BCUT2D eigenvalue weighted by Crippen LogP contribution is -2.13. The van der Waals surface area contributed by atoms with Gasteiger partial charge in [0, 0.05) is 12.2 Å². The lowest BCUT2D eigenvalue weighted by Gasteiger charge is -2.04. The first kappa shape index (κ1) is 12.6. The second-order valence-electron chi connectivity index (χ2n) is 4.10. The predicted molar refractivity (Wildman–Crippen MR) is 69.8 cm³/mol. The first-order valence-corrected chi connectivity index (χ1v) is 5.92. The summed E-state index contributed by atoms with van der Waals surface area (Å²) in [4.78, 5) is 15.8. The Morgan fingerprint density at radius 2 is 2.22 bits per heavy atom. The van der Waals surface area contributed by atoms with Crippen molar-refractivity contribution in [3.8, 4) is 0 Å². The third-order valence-corrected chi connectivity index (χ3v) is 2.55. The van der Waals surface area contributed by atoms with Crippen LogP contribution in [-0.2, 0) is 0 Å². The maximum absolute atomic E-state index is 11.9. The van der Waals surface area contributed by atoms with Crippen LogP contribution in [0, 0.1) is 0 Å². The van der Waals surface area contributed by atoms with Gasteiger partial charge < -0.3 is 5.32 Å². The minimum absolute atomic E-state index is 0.250. The van der Waals surface area contributed by atoms with Crippen LogP contribution in [0.1, 0.15) is 30.4 Å². The fourth-order valence-corrected chi connectivity index (χ4v) is 1.58. The molecule has 0 bridgehead atoms. The summed E-state index contributed by atoms with van der Waals surface area (Å²) >= 11 is 5.73. The fraction of sp³-hybridized carbons (Fsp3) is 0.250. The molecule has 0 aliphatic heterocycles. The Bertz CT molecular complexity index is 565. The average molecular weight is 265 g/mol. The summed E-state index contributed by atoms with van der Waals surface area (Å²) in [6.07, 6.45) is 3.37. The lowest BCUT2D eigenvalue weighted by molar-refractivity contribution is 0.102. The molecule has 1 N–H and O–H groups in total. The Labute approximate surface area is 110 Å². The van der Waals surface area contributed by atoms with Crippen LogP contribution in [0.5, 0.6) is 0 Å². The molecule has 2 aromatic heterocycles. The maximum atomic E-state index is 11.9. The summed E-state index contributed by atoms with van der Waals surface area (Å²) in [6.45, 7) is 4.02. The Morgan fingerprint density at radius 1 is 1.44 bits per heavy atom. The van der Waals surface area contributed by atoms with Crippen LogP contribution in [0.4, 0.5) is 5.69 Å². The number of rotatable bonds is 3. The third kappa shape index (κ3) is 2.87. The largest absolute Gasteiger partial charge is 0.318 e. The van der Waals surface area contributed by atoms with Crippen LogP contribution < -0.4 is 5.32 Å². The van der Waals surface area contributed by atoms with Crippen molar-refractivity contribution < 1.29 is 4.79 Å². The Balaban J connectivity index is 2.11. The monoisotopic (exact) mass is 264 g/mol. The van der Waals surface area contributed by atoms with Crippen molar-refractivity contribution in [3.63, 3.8) is 0 Å². The Morgan fingerprint density at radius 3 is 2.83 bits per heavy atom. The van der Waals surface area contributed by atoms with E-state index in [1.54, 1.807) is 35.3 Å². The normalized spacial score (nSPS) is 10.7. The number of carbonyl (C=O) groups excluding carboxylic acids is 1. The second-order valence-corrected chi connectivity index (χ2v) is 4.49. The van der Waals surface area contributed by atoms with E-state index in [9.17, 15) is 4.79 Å². The molecular weight excluding hydrogens is 252 g/mol. The lowest BCUT2D eigenvalue weighted by atomic mass is 10.3. The molecule has 0 spiro atoms. The van der Waals surface area contributed by atoms with Crippen LogP contribution in [-0.4, -0.2) is 20.7 Å². The number of halogens is 1. The molecule has 0 aliphatic carbocycles. The van der Waals surface area contributed by atoms with Gasteiger partial charge in [-0.2, -0.15) is 5.10 Å². The minimum Gasteiger partial charge on any atom is -0.318 e. The number of hydrogen-bond donors (Lipinski definition) is 1. The fourth-order valence-electron chi connectivity index (χ4n) is 1.41. The van der Waals surface area contributed by atoms with E-state index >= 15 is 0 Å². The molecule has 0 radical (unpaired) electrons. The van der Waals surface area contributed by atoms with Crippen LogP contribution in [0.2, 0.25) is 5.15 Å². The number of carbonyl (C=O) groups is 1. The first-order chi connectivity index (χ1) is 8.56. The first-order valence-electron chi connectivity index (χ1n) is 5.54. The molecular formula is C12H13ClN4O. The molecule has 0 unspecified atom stereocenters. The van der Waals surface area contributed by atoms with Gasteiger partial charge in [0.25, 0.3) is 5.91 Å². The highest BCUT2D eigenvalue weighted by atomic mass is 35.5. The van der Waals surface area contributed by atoms with E-state index in [1.165, 1.54) is 0 Å². The van der Waals surface area contributed by atoms with Crippen LogP contribution in [0.15, 0.2) is 30.6 Å². The molecule has 6 heteroatoms. The van der Waals surface area contributed by atoms with Crippen molar-refractivity contribution in [2.24, 2.45) is 0 Å². The van der Waals surface area contributed by atoms with E-state index in [-0.39, 0.29) is 17.6 Å². The number of hydrogen-bond acceptors (Lipinski definition) is 3. The summed E-state index contributed by atoms with van der Waals surface area (Å²) in [5, 5.41) is 7.14. The molecule has 0 saturated carbocycles. The van der Waals surface area contributed by atoms with Gasteiger partial charge in [0.2, 0.25) is 0 Å². The molecule has 18 heavy (non-hydrogen) atoms. The number of nitrogens with zero attached hydrogens (tertiary/aromatic N) is 3. The topological polar surface area (TPSA) is 59.8 Å². The van der Waals surface area contributed by atoms with E-state index in [1.807, 2.05) is 13.8 Å². The van der Waals surface area contributed by atoms with Crippen molar-refractivity contribution in [2.45, 2.75) is 19.9 Å². The maximum Gasteiger partial charge on any atom is 0.274 e.